The molecule has 2 heterocycles. The third kappa shape index (κ3) is 3.49. The molecule has 5 heteroatoms. The van der Waals surface area contributed by atoms with Gasteiger partial charge in [0.1, 0.15) is 0 Å². The number of nitrogens with zero attached hydrogens (tertiary/aromatic N) is 3. The predicted octanol–water partition coefficient (Wildman–Crippen LogP) is 1.33. The minimum absolute atomic E-state index is 0.565. The molecular weight excluding hydrogens is 216 g/mol. The predicted molar refractivity (Wildman–Crippen MR) is 63.2 cm³/mol. The lowest BCUT2D eigenvalue weighted by atomic mass is 10.2. The second-order valence-corrected chi connectivity index (χ2v) is 3.56. The normalized spacial score (nSPS) is 10.4. The molecule has 0 aliphatic carbocycles. The van der Waals surface area contributed by atoms with Crippen LogP contribution in [0.4, 0.5) is 0 Å². The number of pyridine rings is 1. The first-order valence-corrected chi connectivity index (χ1v) is 5.40. The first kappa shape index (κ1) is 11.5. The summed E-state index contributed by atoms with van der Waals surface area (Å²) < 4.78 is 5.11. The van der Waals surface area contributed by atoms with Crippen molar-refractivity contribution < 1.29 is 4.52 Å². The summed E-state index contributed by atoms with van der Waals surface area (Å²) >= 11 is 0. The van der Waals surface area contributed by atoms with E-state index in [4.69, 9.17) is 4.52 Å². The Balaban J connectivity index is 1.92. The van der Waals surface area contributed by atoms with E-state index in [0.29, 0.717) is 24.7 Å². The van der Waals surface area contributed by atoms with Crippen LogP contribution in [-0.2, 0) is 13.0 Å². The van der Waals surface area contributed by atoms with Crippen molar-refractivity contribution in [1.82, 2.24) is 20.4 Å². The summed E-state index contributed by atoms with van der Waals surface area (Å²) in [6.45, 7) is 4.91. The Kier molecular flexibility index (Phi) is 3.99. The van der Waals surface area contributed by atoms with Crippen LogP contribution < -0.4 is 5.32 Å². The summed E-state index contributed by atoms with van der Waals surface area (Å²) in [6, 6.07) is 3.87. The Morgan fingerprint density at radius 3 is 2.94 bits per heavy atom. The molecule has 0 saturated heterocycles. The molecule has 2 aromatic rings. The van der Waals surface area contributed by atoms with E-state index in [1.54, 1.807) is 18.5 Å². The zero-order valence-corrected chi connectivity index (χ0v) is 9.47. The third-order valence-corrected chi connectivity index (χ3v) is 2.19. The molecular formula is C12H14N4O. The van der Waals surface area contributed by atoms with Crippen LogP contribution in [-0.4, -0.2) is 21.7 Å². The molecule has 0 aliphatic rings. The monoisotopic (exact) mass is 230 g/mol. The zero-order chi connectivity index (χ0) is 11.9. The quantitative estimate of drug-likeness (QED) is 0.599. The molecule has 0 radical (unpaired) electrons. The maximum Gasteiger partial charge on any atom is 0.240 e. The van der Waals surface area contributed by atoms with Crippen molar-refractivity contribution in [3.05, 3.63) is 54.5 Å². The highest BCUT2D eigenvalue weighted by atomic mass is 16.5. The highest BCUT2D eigenvalue weighted by Gasteiger charge is 2.06. The van der Waals surface area contributed by atoms with Gasteiger partial charge in [0.15, 0.2) is 5.82 Å². The van der Waals surface area contributed by atoms with Gasteiger partial charge in [-0.2, -0.15) is 4.98 Å². The molecule has 0 bridgehead atoms. The van der Waals surface area contributed by atoms with Gasteiger partial charge in [0.05, 0.1) is 6.54 Å². The van der Waals surface area contributed by atoms with E-state index in [-0.39, 0.29) is 0 Å². The van der Waals surface area contributed by atoms with Crippen molar-refractivity contribution in [2.75, 3.05) is 6.54 Å². The maximum absolute atomic E-state index is 5.11. The lowest BCUT2D eigenvalue weighted by Crippen LogP contribution is -2.12. The molecule has 17 heavy (non-hydrogen) atoms. The SMILES string of the molecule is C=CCNCc1nc(Cc2ccncc2)no1. The molecule has 2 rings (SSSR count). The lowest BCUT2D eigenvalue weighted by molar-refractivity contribution is 0.366. The van der Waals surface area contributed by atoms with Gasteiger partial charge < -0.3 is 9.84 Å². The van der Waals surface area contributed by atoms with Gasteiger partial charge >= 0.3 is 0 Å². The van der Waals surface area contributed by atoms with Crippen LogP contribution in [0.25, 0.3) is 0 Å². The molecule has 0 aliphatic heterocycles. The highest BCUT2D eigenvalue weighted by Crippen LogP contribution is 2.05. The summed E-state index contributed by atoms with van der Waals surface area (Å²) in [5, 5.41) is 7.02. The first-order chi connectivity index (χ1) is 8.38. The number of rotatable bonds is 6. The van der Waals surface area contributed by atoms with Gasteiger partial charge in [-0.1, -0.05) is 11.2 Å². The fraction of sp³-hybridized carbons (Fsp3) is 0.250. The Hall–Kier alpha value is -2.01. The summed E-state index contributed by atoms with van der Waals surface area (Å²) in [7, 11) is 0. The van der Waals surface area contributed by atoms with Crippen molar-refractivity contribution in [1.29, 1.82) is 0 Å². The van der Waals surface area contributed by atoms with Crippen molar-refractivity contribution in [2.45, 2.75) is 13.0 Å². The molecule has 0 spiro atoms. The minimum atomic E-state index is 0.565. The molecule has 0 fully saturated rings. The van der Waals surface area contributed by atoms with Crippen molar-refractivity contribution in [2.24, 2.45) is 0 Å². The Morgan fingerprint density at radius 2 is 2.18 bits per heavy atom. The van der Waals surface area contributed by atoms with E-state index in [2.05, 4.69) is 27.0 Å². The van der Waals surface area contributed by atoms with E-state index in [1.807, 2.05) is 12.1 Å². The highest BCUT2D eigenvalue weighted by molar-refractivity contribution is 5.14. The fourth-order valence-electron chi connectivity index (χ4n) is 1.40. The molecule has 0 saturated carbocycles. The van der Waals surface area contributed by atoms with Crippen molar-refractivity contribution in [3.63, 3.8) is 0 Å². The van der Waals surface area contributed by atoms with E-state index in [9.17, 15) is 0 Å². The van der Waals surface area contributed by atoms with Crippen LogP contribution in [0, 0.1) is 0 Å². The molecule has 0 atom stereocenters. The Morgan fingerprint density at radius 1 is 1.35 bits per heavy atom. The van der Waals surface area contributed by atoms with Crippen molar-refractivity contribution in [3.8, 4) is 0 Å². The summed E-state index contributed by atoms with van der Waals surface area (Å²) in [5.74, 6) is 1.28. The molecule has 1 N–H and O–H groups in total. The Bertz CT molecular complexity index is 466. The van der Waals surface area contributed by atoms with Gasteiger partial charge in [-0.15, -0.1) is 6.58 Å². The van der Waals surface area contributed by atoms with Crippen LogP contribution in [0.2, 0.25) is 0 Å². The van der Waals surface area contributed by atoms with Gasteiger partial charge in [0.25, 0.3) is 0 Å². The first-order valence-electron chi connectivity index (χ1n) is 5.40. The molecule has 0 aromatic carbocycles. The topological polar surface area (TPSA) is 63.8 Å². The number of nitrogens with one attached hydrogen (secondary N) is 1. The second kappa shape index (κ2) is 5.91. The largest absolute Gasteiger partial charge is 0.338 e. The number of hydrogen-bond acceptors (Lipinski definition) is 5. The van der Waals surface area contributed by atoms with Crippen molar-refractivity contribution >= 4 is 0 Å². The van der Waals surface area contributed by atoms with Crippen LogP contribution in [0.3, 0.4) is 0 Å². The summed E-state index contributed by atoms with van der Waals surface area (Å²) in [6.07, 6.45) is 5.95. The Labute approximate surface area is 99.6 Å². The fourth-order valence-corrected chi connectivity index (χ4v) is 1.40. The smallest absolute Gasteiger partial charge is 0.240 e. The molecule has 0 unspecified atom stereocenters. The summed E-state index contributed by atoms with van der Waals surface area (Å²) in [5.41, 5.74) is 1.12. The standard InChI is InChI=1S/C12H14N4O/c1-2-5-14-9-12-15-11(16-17-12)8-10-3-6-13-7-4-10/h2-4,6-7,14H,1,5,8-9H2. The van der Waals surface area contributed by atoms with Crippen LogP contribution in [0.15, 0.2) is 41.7 Å². The molecule has 88 valence electrons. The molecule has 2 aromatic heterocycles. The van der Waals surface area contributed by atoms with Gasteiger partial charge in [-0.05, 0) is 17.7 Å². The molecule has 0 amide bonds. The van der Waals surface area contributed by atoms with E-state index < -0.39 is 0 Å². The maximum atomic E-state index is 5.11. The van der Waals surface area contributed by atoms with E-state index in [0.717, 1.165) is 12.1 Å². The number of hydrogen-bond donors (Lipinski definition) is 1. The molecule has 5 nitrogen and oxygen atoms in total. The average Bonchev–Trinajstić information content (AvgIpc) is 2.79. The third-order valence-electron chi connectivity index (χ3n) is 2.19. The van der Waals surface area contributed by atoms with Gasteiger partial charge in [-0.3, -0.25) is 4.98 Å². The average molecular weight is 230 g/mol. The van der Waals surface area contributed by atoms with Gasteiger partial charge in [0.2, 0.25) is 5.89 Å². The van der Waals surface area contributed by atoms with Gasteiger partial charge in [0, 0.05) is 25.4 Å². The lowest BCUT2D eigenvalue weighted by Gasteiger charge is -1.94. The second-order valence-electron chi connectivity index (χ2n) is 3.56. The number of aromatic nitrogens is 3. The van der Waals surface area contributed by atoms with E-state index >= 15 is 0 Å². The van der Waals surface area contributed by atoms with Gasteiger partial charge in [-0.25, -0.2) is 0 Å². The van der Waals surface area contributed by atoms with Crippen LogP contribution in [0.1, 0.15) is 17.3 Å². The van der Waals surface area contributed by atoms with E-state index in [1.165, 1.54) is 0 Å². The van der Waals surface area contributed by atoms with Crippen LogP contribution in [0.5, 0.6) is 0 Å². The summed E-state index contributed by atoms with van der Waals surface area (Å²) in [4.78, 5) is 8.24. The van der Waals surface area contributed by atoms with Crippen LogP contribution >= 0.6 is 0 Å². The zero-order valence-electron chi connectivity index (χ0n) is 9.47. The minimum Gasteiger partial charge on any atom is -0.338 e.